The van der Waals surface area contributed by atoms with E-state index in [0.717, 1.165) is 0 Å². The first-order valence-corrected chi connectivity index (χ1v) is 7.45. The molecule has 2 aromatic rings. The summed E-state index contributed by atoms with van der Waals surface area (Å²) in [6, 6.07) is 15.3. The van der Waals surface area contributed by atoms with Gasteiger partial charge in [0.1, 0.15) is 6.17 Å². The molecule has 0 N–H and O–H groups in total. The smallest absolute Gasteiger partial charge is 0.107 e. The summed E-state index contributed by atoms with van der Waals surface area (Å²) >= 11 is 0. The van der Waals surface area contributed by atoms with Gasteiger partial charge in [0.2, 0.25) is 0 Å². The number of hydrogen-bond acceptors (Lipinski definition) is 2. The molecule has 2 aromatic carbocycles. The van der Waals surface area contributed by atoms with Crippen LogP contribution in [0.25, 0.3) is 0 Å². The van der Waals surface area contributed by atoms with Crippen LogP contribution in [0.4, 0.5) is 11.4 Å². The van der Waals surface area contributed by atoms with Crippen molar-refractivity contribution in [3.05, 3.63) is 71.6 Å². The second kappa shape index (κ2) is 5.28. The predicted octanol–water partition coefficient (Wildman–Crippen LogP) is 4.76. The van der Waals surface area contributed by atoms with Crippen molar-refractivity contribution in [1.29, 1.82) is 0 Å². The highest BCUT2D eigenvalue weighted by atomic mass is 15.4. The largest absolute Gasteiger partial charge is 0.326 e. The highest BCUT2D eigenvalue weighted by molar-refractivity contribution is 5.62. The molecule has 0 amide bonds. The van der Waals surface area contributed by atoms with Gasteiger partial charge in [0, 0.05) is 23.8 Å². The summed E-state index contributed by atoms with van der Waals surface area (Å²) in [5, 5.41) is 0. The first-order valence-electron chi connectivity index (χ1n) is 7.45. The van der Waals surface area contributed by atoms with E-state index in [1.807, 2.05) is 0 Å². The summed E-state index contributed by atoms with van der Waals surface area (Å²) in [5.74, 6) is 0. The van der Waals surface area contributed by atoms with Gasteiger partial charge in [0.15, 0.2) is 0 Å². The lowest BCUT2D eigenvalue weighted by Crippen LogP contribution is -2.35. The lowest BCUT2D eigenvalue weighted by Gasteiger charge is -2.30. The zero-order valence-electron chi connectivity index (χ0n) is 13.2. The second-order valence-electron chi connectivity index (χ2n) is 5.85. The van der Waals surface area contributed by atoms with Gasteiger partial charge in [0.05, 0.1) is 0 Å². The minimum absolute atomic E-state index is 0.287. The lowest BCUT2D eigenvalue weighted by atomic mass is 10.1. The lowest BCUT2D eigenvalue weighted by molar-refractivity contribution is 0.749. The van der Waals surface area contributed by atoms with Crippen molar-refractivity contribution in [2.45, 2.75) is 33.9 Å². The van der Waals surface area contributed by atoms with Crippen molar-refractivity contribution in [3.8, 4) is 0 Å². The van der Waals surface area contributed by atoms with Crippen LogP contribution in [0.3, 0.4) is 0 Å². The number of rotatable bonds is 2. The van der Waals surface area contributed by atoms with E-state index in [1.54, 1.807) is 0 Å². The van der Waals surface area contributed by atoms with Crippen molar-refractivity contribution in [2.75, 3.05) is 9.80 Å². The summed E-state index contributed by atoms with van der Waals surface area (Å²) in [7, 11) is 0. The Kier molecular flexibility index (Phi) is 3.46. The Labute approximate surface area is 127 Å². The van der Waals surface area contributed by atoms with Crippen molar-refractivity contribution in [1.82, 2.24) is 0 Å². The number of anilines is 2. The Balaban J connectivity index is 1.86. The topological polar surface area (TPSA) is 6.48 Å². The van der Waals surface area contributed by atoms with E-state index >= 15 is 0 Å². The molecule has 0 fully saturated rings. The van der Waals surface area contributed by atoms with Gasteiger partial charge in [-0.25, -0.2) is 0 Å². The van der Waals surface area contributed by atoms with Crippen LogP contribution in [0.15, 0.2) is 54.9 Å². The number of aryl methyl sites for hydroxylation is 3. The molecular weight excluding hydrogens is 256 g/mol. The maximum atomic E-state index is 2.31. The van der Waals surface area contributed by atoms with Crippen LogP contribution in [0.1, 0.15) is 23.6 Å². The van der Waals surface area contributed by atoms with Crippen LogP contribution in [0, 0.1) is 20.8 Å². The van der Waals surface area contributed by atoms with Gasteiger partial charge >= 0.3 is 0 Å². The molecule has 2 nitrogen and oxygen atoms in total. The molecular formula is C19H22N2. The van der Waals surface area contributed by atoms with Crippen molar-refractivity contribution in [2.24, 2.45) is 0 Å². The van der Waals surface area contributed by atoms with Gasteiger partial charge < -0.3 is 9.80 Å². The number of benzene rings is 2. The Morgan fingerprint density at radius 3 is 1.90 bits per heavy atom. The molecule has 0 saturated carbocycles. The van der Waals surface area contributed by atoms with E-state index in [9.17, 15) is 0 Å². The maximum Gasteiger partial charge on any atom is 0.107 e. The van der Waals surface area contributed by atoms with Crippen LogP contribution in [-0.2, 0) is 0 Å². The molecule has 1 aliphatic heterocycles. The van der Waals surface area contributed by atoms with Gasteiger partial charge in [-0.2, -0.15) is 0 Å². The van der Waals surface area contributed by atoms with Crippen LogP contribution >= 0.6 is 0 Å². The normalized spacial score (nSPS) is 17.6. The van der Waals surface area contributed by atoms with Gasteiger partial charge in [-0.15, -0.1) is 0 Å². The third kappa shape index (κ3) is 2.54. The van der Waals surface area contributed by atoms with Gasteiger partial charge in [-0.3, -0.25) is 0 Å². The molecule has 108 valence electrons. The summed E-state index contributed by atoms with van der Waals surface area (Å²) < 4.78 is 0. The molecule has 1 unspecified atom stereocenters. The highest BCUT2D eigenvalue weighted by Crippen LogP contribution is 2.30. The fourth-order valence-electron chi connectivity index (χ4n) is 2.73. The predicted molar refractivity (Wildman–Crippen MR) is 90.7 cm³/mol. The van der Waals surface area contributed by atoms with E-state index in [0.29, 0.717) is 0 Å². The van der Waals surface area contributed by atoms with Crippen LogP contribution in [-0.4, -0.2) is 6.17 Å². The minimum Gasteiger partial charge on any atom is -0.326 e. The van der Waals surface area contributed by atoms with Crippen molar-refractivity contribution < 1.29 is 0 Å². The molecule has 1 heterocycles. The Hall–Kier alpha value is -2.22. The summed E-state index contributed by atoms with van der Waals surface area (Å²) in [6.45, 7) is 8.67. The average molecular weight is 278 g/mol. The van der Waals surface area contributed by atoms with E-state index in [1.165, 1.54) is 28.1 Å². The molecule has 1 atom stereocenters. The first-order chi connectivity index (χ1) is 10.1. The maximum absolute atomic E-state index is 2.31. The van der Waals surface area contributed by atoms with Gasteiger partial charge in [-0.05, 0) is 63.1 Å². The molecule has 3 rings (SSSR count). The highest BCUT2D eigenvalue weighted by Gasteiger charge is 2.24. The number of hydrogen-bond donors (Lipinski definition) is 0. The Morgan fingerprint density at radius 1 is 0.714 bits per heavy atom. The van der Waals surface area contributed by atoms with E-state index < -0.39 is 0 Å². The van der Waals surface area contributed by atoms with Crippen molar-refractivity contribution >= 4 is 11.4 Å². The quantitative estimate of drug-likeness (QED) is 0.781. The molecule has 0 saturated heterocycles. The average Bonchev–Trinajstić information content (AvgIpc) is 2.85. The van der Waals surface area contributed by atoms with Gasteiger partial charge in [-0.1, -0.05) is 23.8 Å². The molecule has 1 aliphatic rings. The molecule has 0 spiro atoms. The summed E-state index contributed by atoms with van der Waals surface area (Å²) in [4.78, 5) is 4.61. The fraction of sp³-hybridized carbons (Fsp3) is 0.263. The third-order valence-electron chi connectivity index (χ3n) is 4.31. The zero-order chi connectivity index (χ0) is 15.0. The first kappa shape index (κ1) is 13.7. The Morgan fingerprint density at radius 2 is 1.29 bits per heavy atom. The SMILES string of the molecule is Cc1ccc(N2C=CN(c3ccc(C)c(C)c3)C2C)cc1. The molecule has 0 aromatic heterocycles. The molecule has 0 aliphatic carbocycles. The zero-order valence-corrected chi connectivity index (χ0v) is 13.2. The van der Waals surface area contributed by atoms with Gasteiger partial charge in [0.25, 0.3) is 0 Å². The standard InChI is InChI=1S/C19H22N2/c1-14-5-8-18(9-6-14)20-11-12-21(17(20)4)19-10-7-15(2)16(3)13-19/h5-13,17H,1-4H3. The Bertz CT molecular complexity index is 670. The molecule has 0 radical (unpaired) electrons. The number of nitrogens with zero attached hydrogens (tertiary/aromatic N) is 2. The van der Waals surface area contributed by atoms with Crippen LogP contribution in [0.5, 0.6) is 0 Å². The van der Waals surface area contributed by atoms with E-state index in [4.69, 9.17) is 0 Å². The molecule has 2 heteroatoms. The van der Waals surface area contributed by atoms with Crippen LogP contribution in [0.2, 0.25) is 0 Å². The summed E-state index contributed by atoms with van der Waals surface area (Å²) in [5.41, 5.74) is 6.44. The minimum atomic E-state index is 0.287. The third-order valence-corrected chi connectivity index (χ3v) is 4.31. The second-order valence-corrected chi connectivity index (χ2v) is 5.85. The van der Waals surface area contributed by atoms with Crippen molar-refractivity contribution in [3.63, 3.8) is 0 Å². The monoisotopic (exact) mass is 278 g/mol. The summed E-state index contributed by atoms with van der Waals surface area (Å²) in [6.07, 6.45) is 4.61. The van der Waals surface area contributed by atoms with E-state index in [2.05, 4.69) is 92.4 Å². The molecule has 0 bridgehead atoms. The van der Waals surface area contributed by atoms with Crippen LogP contribution < -0.4 is 9.80 Å². The fourth-order valence-corrected chi connectivity index (χ4v) is 2.73. The van der Waals surface area contributed by atoms with E-state index in [-0.39, 0.29) is 6.17 Å². The molecule has 21 heavy (non-hydrogen) atoms.